The lowest BCUT2D eigenvalue weighted by molar-refractivity contribution is -0.141. The van der Waals surface area contributed by atoms with Crippen molar-refractivity contribution in [2.24, 2.45) is 5.73 Å². The molecule has 5 heteroatoms. The van der Waals surface area contributed by atoms with E-state index in [0.717, 1.165) is 5.56 Å². The smallest absolute Gasteiger partial charge is 0.307 e. The molecular weight excluding hydrogens is 232 g/mol. The van der Waals surface area contributed by atoms with E-state index in [1.54, 1.807) is 19.1 Å². The summed E-state index contributed by atoms with van der Waals surface area (Å²) in [6.45, 7) is 1.73. The third-order valence-electron chi connectivity index (χ3n) is 2.53. The monoisotopic (exact) mass is 250 g/mol. The number of benzene rings is 1. The Labute approximate surface area is 106 Å². The molecule has 0 saturated carbocycles. The summed E-state index contributed by atoms with van der Waals surface area (Å²) in [7, 11) is 1.31. The van der Waals surface area contributed by atoms with Crippen molar-refractivity contribution in [1.29, 1.82) is 0 Å². The minimum absolute atomic E-state index is 0.129. The fourth-order valence-electron chi connectivity index (χ4n) is 1.53. The zero-order valence-electron chi connectivity index (χ0n) is 10.6. The van der Waals surface area contributed by atoms with Crippen molar-refractivity contribution in [2.45, 2.75) is 25.4 Å². The Kier molecular flexibility index (Phi) is 5.32. The summed E-state index contributed by atoms with van der Waals surface area (Å²) >= 11 is 0. The maximum atomic E-state index is 11.8. The van der Waals surface area contributed by atoms with Crippen molar-refractivity contribution < 1.29 is 14.3 Å². The molecule has 0 aliphatic rings. The van der Waals surface area contributed by atoms with Crippen molar-refractivity contribution in [2.75, 3.05) is 7.11 Å². The van der Waals surface area contributed by atoms with Crippen LogP contribution in [-0.2, 0) is 14.3 Å². The molecule has 1 unspecified atom stereocenters. The third kappa shape index (κ3) is 4.18. The fraction of sp³-hybridized carbons (Fsp3) is 0.385. The molecule has 3 N–H and O–H groups in total. The molecule has 18 heavy (non-hydrogen) atoms. The van der Waals surface area contributed by atoms with Crippen molar-refractivity contribution in [3.63, 3.8) is 0 Å². The summed E-state index contributed by atoms with van der Waals surface area (Å²) in [6.07, 6.45) is 0.129. The van der Waals surface area contributed by atoms with Gasteiger partial charge in [-0.2, -0.15) is 0 Å². The summed E-state index contributed by atoms with van der Waals surface area (Å²) in [5.41, 5.74) is 6.56. The molecule has 0 aromatic heterocycles. The predicted molar refractivity (Wildman–Crippen MR) is 67.6 cm³/mol. The van der Waals surface area contributed by atoms with Gasteiger partial charge in [0.15, 0.2) is 0 Å². The molecule has 1 aromatic carbocycles. The van der Waals surface area contributed by atoms with Crippen LogP contribution in [0.5, 0.6) is 0 Å². The Morgan fingerprint density at radius 1 is 1.33 bits per heavy atom. The highest BCUT2D eigenvalue weighted by Gasteiger charge is 2.18. The number of hydrogen-bond donors (Lipinski definition) is 2. The zero-order chi connectivity index (χ0) is 13.5. The molecule has 0 heterocycles. The van der Waals surface area contributed by atoms with Crippen LogP contribution in [-0.4, -0.2) is 25.0 Å². The van der Waals surface area contributed by atoms with E-state index in [1.165, 1.54) is 7.11 Å². The van der Waals surface area contributed by atoms with Crippen LogP contribution >= 0.6 is 0 Å². The van der Waals surface area contributed by atoms with E-state index in [0.29, 0.717) is 0 Å². The number of ether oxygens (including phenoxy) is 1. The van der Waals surface area contributed by atoms with Gasteiger partial charge in [-0.15, -0.1) is 0 Å². The molecule has 5 nitrogen and oxygen atoms in total. The van der Waals surface area contributed by atoms with Gasteiger partial charge in [0.2, 0.25) is 5.91 Å². The number of esters is 1. The maximum Gasteiger partial charge on any atom is 0.307 e. The van der Waals surface area contributed by atoms with Crippen LogP contribution in [0.15, 0.2) is 30.3 Å². The SMILES string of the molecule is COC(=O)CC(C)NC(=O)[C@H](N)c1ccccc1. The van der Waals surface area contributed by atoms with E-state index in [4.69, 9.17) is 5.73 Å². The first-order chi connectivity index (χ1) is 8.54. The normalized spacial score (nSPS) is 13.5. The van der Waals surface area contributed by atoms with E-state index in [9.17, 15) is 9.59 Å². The standard InChI is InChI=1S/C13H18N2O3/c1-9(8-11(16)18-2)15-13(17)12(14)10-6-4-3-5-7-10/h3-7,9,12H,8,14H2,1-2H3,(H,15,17)/t9?,12-/m1/s1. The van der Waals surface area contributed by atoms with Crippen LogP contribution in [0.4, 0.5) is 0 Å². The highest BCUT2D eigenvalue weighted by atomic mass is 16.5. The molecule has 2 atom stereocenters. The van der Waals surface area contributed by atoms with Crippen LogP contribution in [0.3, 0.4) is 0 Å². The summed E-state index contributed by atoms with van der Waals surface area (Å²) in [6, 6.07) is 8.03. The van der Waals surface area contributed by atoms with Gasteiger partial charge in [0.05, 0.1) is 13.5 Å². The van der Waals surface area contributed by atoms with Gasteiger partial charge < -0.3 is 15.8 Å². The molecule has 1 rings (SSSR count). The first-order valence-electron chi connectivity index (χ1n) is 5.72. The van der Waals surface area contributed by atoms with E-state index in [1.807, 2.05) is 18.2 Å². The van der Waals surface area contributed by atoms with Crippen LogP contribution in [0.1, 0.15) is 24.9 Å². The molecule has 0 saturated heterocycles. The second kappa shape index (κ2) is 6.76. The van der Waals surface area contributed by atoms with Crippen molar-refractivity contribution in [3.05, 3.63) is 35.9 Å². The first-order valence-corrected chi connectivity index (χ1v) is 5.72. The average molecular weight is 250 g/mol. The van der Waals surface area contributed by atoms with Gasteiger partial charge in [0.1, 0.15) is 6.04 Å². The number of carbonyl (C=O) groups excluding carboxylic acids is 2. The number of nitrogens with one attached hydrogen (secondary N) is 1. The molecular formula is C13H18N2O3. The Balaban J connectivity index is 2.53. The molecule has 0 aliphatic carbocycles. The lowest BCUT2D eigenvalue weighted by atomic mass is 10.1. The summed E-state index contributed by atoms with van der Waals surface area (Å²) in [4.78, 5) is 22.9. The van der Waals surface area contributed by atoms with Crippen molar-refractivity contribution in [3.8, 4) is 0 Å². The maximum absolute atomic E-state index is 11.8. The summed E-state index contributed by atoms with van der Waals surface area (Å²) < 4.78 is 4.53. The minimum Gasteiger partial charge on any atom is -0.469 e. The van der Waals surface area contributed by atoms with Gasteiger partial charge in [-0.05, 0) is 12.5 Å². The van der Waals surface area contributed by atoms with E-state index >= 15 is 0 Å². The Hall–Kier alpha value is -1.88. The molecule has 1 aromatic rings. The van der Waals surface area contributed by atoms with Crippen LogP contribution in [0, 0.1) is 0 Å². The van der Waals surface area contributed by atoms with Gasteiger partial charge in [-0.3, -0.25) is 9.59 Å². The van der Waals surface area contributed by atoms with Crippen LogP contribution in [0.25, 0.3) is 0 Å². The van der Waals surface area contributed by atoms with Crippen LogP contribution < -0.4 is 11.1 Å². The summed E-state index contributed by atoms with van der Waals surface area (Å²) in [5, 5.41) is 2.68. The molecule has 0 radical (unpaired) electrons. The Morgan fingerprint density at radius 2 is 1.94 bits per heavy atom. The fourth-order valence-corrected chi connectivity index (χ4v) is 1.53. The topological polar surface area (TPSA) is 81.4 Å². The Bertz CT molecular complexity index is 406. The number of carbonyl (C=O) groups is 2. The quantitative estimate of drug-likeness (QED) is 0.756. The molecule has 0 fully saturated rings. The first kappa shape index (κ1) is 14.2. The minimum atomic E-state index is -0.730. The Morgan fingerprint density at radius 3 is 2.50 bits per heavy atom. The average Bonchev–Trinajstić information content (AvgIpc) is 2.38. The molecule has 1 amide bonds. The van der Waals surface area contributed by atoms with Crippen molar-refractivity contribution in [1.82, 2.24) is 5.32 Å². The lowest BCUT2D eigenvalue weighted by Crippen LogP contribution is -2.40. The third-order valence-corrected chi connectivity index (χ3v) is 2.53. The second-order valence-corrected chi connectivity index (χ2v) is 4.08. The number of rotatable bonds is 5. The van der Waals surface area contributed by atoms with Gasteiger partial charge >= 0.3 is 5.97 Å². The van der Waals surface area contributed by atoms with E-state index in [2.05, 4.69) is 10.1 Å². The highest BCUT2D eigenvalue weighted by molar-refractivity contribution is 5.83. The number of methoxy groups -OCH3 is 1. The molecule has 0 aliphatic heterocycles. The molecule has 0 spiro atoms. The number of nitrogens with two attached hydrogens (primary N) is 1. The summed E-state index contributed by atoms with van der Waals surface area (Å²) in [5.74, 6) is -0.673. The number of hydrogen-bond acceptors (Lipinski definition) is 4. The van der Waals surface area contributed by atoms with Gasteiger partial charge in [0.25, 0.3) is 0 Å². The second-order valence-electron chi connectivity index (χ2n) is 4.08. The van der Waals surface area contributed by atoms with Gasteiger partial charge in [-0.1, -0.05) is 30.3 Å². The molecule has 0 bridgehead atoms. The largest absolute Gasteiger partial charge is 0.469 e. The zero-order valence-corrected chi connectivity index (χ0v) is 10.6. The number of amides is 1. The van der Waals surface area contributed by atoms with E-state index < -0.39 is 6.04 Å². The highest BCUT2D eigenvalue weighted by Crippen LogP contribution is 2.09. The van der Waals surface area contributed by atoms with E-state index in [-0.39, 0.29) is 24.3 Å². The lowest BCUT2D eigenvalue weighted by Gasteiger charge is -2.16. The van der Waals surface area contributed by atoms with Crippen molar-refractivity contribution >= 4 is 11.9 Å². The molecule has 98 valence electrons. The van der Waals surface area contributed by atoms with Gasteiger partial charge in [0, 0.05) is 6.04 Å². The van der Waals surface area contributed by atoms with Gasteiger partial charge in [-0.25, -0.2) is 0 Å². The predicted octanol–water partition coefficient (Wildman–Crippen LogP) is 0.754. The van der Waals surface area contributed by atoms with Crippen LogP contribution in [0.2, 0.25) is 0 Å².